The summed E-state index contributed by atoms with van der Waals surface area (Å²) in [6, 6.07) is 6.23. The number of aliphatic carboxylic acids is 1. The number of amides is 2. The maximum absolute atomic E-state index is 13.3. The van der Waals surface area contributed by atoms with Crippen LogP contribution in [0.5, 0.6) is 0 Å². The van der Waals surface area contributed by atoms with Crippen molar-refractivity contribution >= 4 is 35.1 Å². The van der Waals surface area contributed by atoms with Crippen molar-refractivity contribution in [2.75, 3.05) is 0 Å². The lowest BCUT2D eigenvalue weighted by molar-refractivity contribution is -0.156. The van der Waals surface area contributed by atoms with Crippen molar-refractivity contribution in [1.29, 1.82) is 0 Å². The fraction of sp³-hybridized carbons (Fsp3) is 0.545. The molecule has 158 valence electrons. The first kappa shape index (κ1) is 19.5. The minimum atomic E-state index is -1.13. The van der Waals surface area contributed by atoms with Gasteiger partial charge < -0.3 is 9.94 Å². The Labute approximate surface area is 179 Å². The Morgan fingerprint density at radius 1 is 1.17 bits per heavy atom. The van der Waals surface area contributed by atoms with E-state index in [-0.39, 0.29) is 48.0 Å². The van der Waals surface area contributed by atoms with E-state index in [0.29, 0.717) is 5.02 Å². The molecule has 8 heteroatoms. The molecule has 2 bridgehead atoms. The summed E-state index contributed by atoms with van der Waals surface area (Å²) in [6.45, 7) is 3.77. The van der Waals surface area contributed by atoms with Crippen molar-refractivity contribution in [3.05, 3.63) is 34.9 Å². The molecule has 2 heterocycles. The topological polar surface area (TPSA) is 96.3 Å². The molecule has 1 N–H and O–H groups in total. The SMILES string of the molecule is CC(C)CC(C(=O)O)N1C(=O)C2C3CC(C4C(c5ccc(Cl)cc5)=NOC34)C2C1=O. The van der Waals surface area contributed by atoms with Crippen molar-refractivity contribution in [1.82, 2.24) is 4.90 Å². The van der Waals surface area contributed by atoms with Crippen molar-refractivity contribution in [3.63, 3.8) is 0 Å². The lowest BCUT2D eigenvalue weighted by Crippen LogP contribution is -2.47. The van der Waals surface area contributed by atoms with E-state index in [0.717, 1.165) is 22.6 Å². The van der Waals surface area contributed by atoms with Gasteiger partial charge in [0.25, 0.3) is 0 Å². The lowest BCUT2D eigenvalue weighted by Gasteiger charge is -2.29. The minimum absolute atomic E-state index is 0.0511. The summed E-state index contributed by atoms with van der Waals surface area (Å²) in [4.78, 5) is 45.2. The summed E-state index contributed by atoms with van der Waals surface area (Å²) < 4.78 is 0. The quantitative estimate of drug-likeness (QED) is 0.724. The van der Waals surface area contributed by atoms with Gasteiger partial charge in [0, 0.05) is 16.9 Å². The number of rotatable bonds is 5. The van der Waals surface area contributed by atoms with E-state index in [9.17, 15) is 19.5 Å². The van der Waals surface area contributed by atoms with Gasteiger partial charge in [0.15, 0.2) is 0 Å². The number of fused-ring (bicyclic) bond motifs is 8. The van der Waals surface area contributed by atoms with E-state index in [4.69, 9.17) is 16.4 Å². The number of carbonyl (C=O) groups excluding carboxylic acids is 2. The number of halogens is 1. The first-order valence-corrected chi connectivity index (χ1v) is 10.8. The second-order valence-corrected chi connectivity index (χ2v) is 9.66. The highest BCUT2D eigenvalue weighted by Crippen LogP contribution is 2.62. The summed E-state index contributed by atoms with van der Waals surface area (Å²) in [5.74, 6) is -3.02. The van der Waals surface area contributed by atoms with E-state index in [1.54, 1.807) is 12.1 Å². The van der Waals surface area contributed by atoms with Crippen LogP contribution in [0.25, 0.3) is 0 Å². The number of imide groups is 1. The van der Waals surface area contributed by atoms with Crippen LogP contribution < -0.4 is 0 Å². The molecule has 3 fully saturated rings. The Kier molecular flexibility index (Phi) is 4.43. The van der Waals surface area contributed by atoms with Crippen molar-refractivity contribution < 1.29 is 24.3 Å². The molecule has 7 unspecified atom stereocenters. The van der Waals surface area contributed by atoms with Gasteiger partial charge in [-0.3, -0.25) is 14.5 Å². The van der Waals surface area contributed by atoms with E-state index in [1.165, 1.54) is 0 Å². The van der Waals surface area contributed by atoms with Crippen molar-refractivity contribution in [3.8, 4) is 0 Å². The van der Waals surface area contributed by atoms with Crippen LogP contribution in [0.15, 0.2) is 29.4 Å². The smallest absolute Gasteiger partial charge is 0.326 e. The molecule has 0 radical (unpaired) electrons. The molecule has 2 saturated carbocycles. The van der Waals surface area contributed by atoms with Crippen LogP contribution >= 0.6 is 11.6 Å². The zero-order valence-electron chi connectivity index (χ0n) is 16.7. The number of benzene rings is 1. The van der Waals surface area contributed by atoms with Gasteiger partial charge in [-0.2, -0.15) is 0 Å². The second kappa shape index (κ2) is 6.80. The third-order valence-corrected chi connectivity index (χ3v) is 7.41. The summed E-state index contributed by atoms with van der Waals surface area (Å²) >= 11 is 6.00. The normalized spacial score (nSPS) is 34.8. The molecular weight excluding hydrogens is 408 g/mol. The molecule has 30 heavy (non-hydrogen) atoms. The van der Waals surface area contributed by atoms with Gasteiger partial charge in [-0.25, -0.2) is 4.79 Å². The number of carboxylic acids is 1. The largest absolute Gasteiger partial charge is 0.480 e. The number of likely N-dealkylation sites (tertiary alicyclic amines) is 1. The van der Waals surface area contributed by atoms with Crippen LogP contribution in [0.1, 0.15) is 32.3 Å². The Morgan fingerprint density at radius 3 is 2.40 bits per heavy atom. The number of hydrogen-bond donors (Lipinski definition) is 1. The Hall–Kier alpha value is -2.41. The summed E-state index contributed by atoms with van der Waals surface area (Å²) in [7, 11) is 0. The molecule has 1 saturated heterocycles. The third-order valence-electron chi connectivity index (χ3n) is 7.16. The third kappa shape index (κ3) is 2.64. The molecule has 2 aliphatic carbocycles. The fourth-order valence-electron chi connectivity index (χ4n) is 6.08. The summed E-state index contributed by atoms with van der Waals surface area (Å²) in [6.07, 6.45) is 0.736. The first-order chi connectivity index (χ1) is 14.3. The van der Waals surface area contributed by atoms with Gasteiger partial charge in [-0.05, 0) is 42.4 Å². The molecule has 1 aromatic carbocycles. The summed E-state index contributed by atoms with van der Waals surface area (Å²) in [5, 5.41) is 14.6. The monoisotopic (exact) mass is 430 g/mol. The molecule has 7 nitrogen and oxygen atoms in total. The molecule has 4 aliphatic rings. The maximum Gasteiger partial charge on any atom is 0.326 e. The number of nitrogens with zero attached hydrogens (tertiary/aromatic N) is 2. The predicted molar refractivity (Wildman–Crippen MR) is 108 cm³/mol. The average Bonchev–Trinajstić information content (AvgIpc) is 3.41. The van der Waals surface area contributed by atoms with Crippen LogP contribution in [-0.4, -0.2) is 45.6 Å². The minimum Gasteiger partial charge on any atom is -0.480 e. The Morgan fingerprint density at radius 2 is 1.80 bits per heavy atom. The number of carboxylic acid groups (broad SMARTS) is 1. The molecular formula is C22H23ClN2O5. The van der Waals surface area contributed by atoms with Crippen LogP contribution in [0, 0.1) is 35.5 Å². The fourth-order valence-corrected chi connectivity index (χ4v) is 6.20. The Bertz CT molecular complexity index is 959. The molecule has 0 spiro atoms. The Balaban J connectivity index is 1.46. The van der Waals surface area contributed by atoms with Crippen LogP contribution in [0.3, 0.4) is 0 Å². The number of carbonyl (C=O) groups is 3. The number of hydrogen-bond acceptors (Lipinski definition) is 5. The van der Waals surface area contributed by atoms with Gasteiger partial charge >= 0.3 is 5.97 Å². The van der Waals surface area contributed by atoms with Crippen LogP contribution in [-0.2, 0) is 19.2 Å². The first-order valence-electron chi connectivity index (χ1n) is 10.4. The molecule has 2 amide bonds. The summed E-state index contributed by atoms with van der Waals surface area (Å²) in [5.41, 5.74) is 1.69. The van der Waals surface area contributed by atoms with E-state index >= 15 is 0 Å². The average molecular weight is 431 g/mol. The molecule has 7 atom stereocenters. The highest BCUT2D eigenvalue weighted by atomic mass is 35.5. The van der Waals surface area contributed by atoms with Gasteiger partial charge in [0.2, 0.25) is 11.8 Å². The lowest BCUT2D eigenvalue weighted by atomic mass is 9.71. The number of oxime groups is 1. The van der Waals surface area contributed by atoms with E-state index in [2.05, 4.69) is 5.16 Å². The zero-order chi connectivity index (χ0) is 21.3. The molecule has 5 rings (SSSR count). The second-order valence-electron chi connectivity index (χ2n) is 9.22. The van der Waals surface area contributed by atoms with Gasteiger partial charge in [0.1, 0.15) is 12.1 Å². The van der Waals surface area contributed by atoms with E-state index in [1.807, 2.05) is 26.0 Å². The van der Waals surface area contributed by atoms with Crippen molar-refractivity contribution in [2.24, 2.45) is 40.7 Å². The van der Waals surface area contributed by atoms with Crippen molar-refractivity contribution in [2.45, 2.75) is 38.8 Å². The van der Waals surface area contributed by atoms with Gasteiger partial charge in [-0.15, -0.1) is 0 Å². The van der Waals surface area contributed by atoms with Crippen LogP contribution in [0.4, 0.5) is 0 Å². The highest BCUT2D eigenvalue weighted by Gasteiger charge is 2.71. The predicted octanol–water partition coefficient (Wildman–Crippen LogP) is 2.81. The van der Waals surface area contributed by atoms with Gasteiger partial charge in [0.05, 0.1) is 17.5 Å². The maximum atomic E-state index is 13.3. The van der Waals surface area contributed by atoms with Crippen LogP contribution in [0.2, 0.25) is 5.02 Å². The standard InChI is InChI=1S/C22H23ClN2O5/c1-9(2)7-14(22(28)29)25-20(26)15-12-8-13(16(15)21(25)27)19-17(12)18(24-30-19)10-3-5-11(23)6-4-10/h3-6,9,12-17,19H,7-8H2,1-2H3,(H,28,29). The molecule has 2 aliphatic heterocycles. The zero-order valence-corrected chi connectivity index (χ0v) is 17.5. The molecule has 0 aromatic heterocycles. The molecule has 1 aromatic rings. The van der Waals surface area contributed by atoms with Gasteiger partial charge in [-0.1, -0.05) is 42.7 Å². The van der Waals surface area contributed by atoms with E-state index < -0.39 is 23.8 Å². The highest BCUT2D eigenvalue weighted by molar-refractivity contribution is 6.30.